The predicted octanol–water partition coefficient (Wildman–Crippen LogP) is 5.15. The van der Waals surface area contributed by atoms with Crippen molar-refractivity contribution in [3.8, 4) is 0 Å². The Bertz CT molecular complexity index is 488. The highest BCUT2D eigenvalue weighted by atomic mass is 79.9. The van der Waals surface area contributed by atoms with E-state index in [1.807, 2.05) is 5.51 Å². The lowest BCUT2D eigenvalue weighted by atomic mass is 10.2. The first-order chi connectivity index (χ1) is 8.08. The quantitative estimate of drug-likeness (QED) is 0.802. The van der Waals surface area contributed by atoms with Crippen molar-refractivity contribution in [2.75, 3.05) is 5.32 Å². The van der Waals surface area contributed by atoms with Crippen molar-refractivity contribution in [3.05, 3.63) is 43.2 Å². The van der Waals surface area contributed by atoms with Crippen LogP contribution in [-0.2, 0) is 0 Å². The Kier molecular flexibility index (Phi) is 4.22. The first-order valence-electron chi connectivity index (χ1n) is 5.18. The highest BCUT2D eigenvalue weighted by Gasteiger charge is 2.12. The third kappa shape index (κ3) is 3.09. The molecule has 1 unspecified atom stereocenters. The van der Waals surface area contributed by atoms with E-state index in [-0.39, 0.29) is 6.04 Å². The molecule has 0 amide bonds. The average Bonchev–Trinajstić information content (AvgIpc) is 2.76. The fourth-order valence-electron chi connectivity index (χ4n) is 1.56. The number of hydrogen-bond donors (Lipinski definition) is 1. The molecule has 0 saturated carbocycles. The SMILES string of the molecule is Cc1cc(Br)c(NC(C)c2cscn2)c(Br)c1. The van der Waals surface area contributed by atoms with E-state index in [1.165, 1.54) is 5.56 Å². The van der Waals surface area contributed by atoms with E-state index in [4.69, 9.17) is 0 Å². The number of nitrogens with one attached hydrogen (secondary N) is 1. The van der Waals surface area contributed by atoms with Gasteiger partial charge < -0.3 is 5.32 Å². The van der Waals surface area contributed by atoms with Crippen LogP contribution in [0.5, 0.6) is 0 Å². The van der Waals surface area contributed by atoms with E-state index in [1.54, 1.807) is 11.3 Å². The summed E-state index contributed by atoms with van der Waals surface area (Å²) >= 11 is 8.77. The number of anilines is 1. The molecule has 5 heteroatoms. The summed E-state index contributed by atoms with van der Waals surface area (Å²) in [5, 5.41) is 5.52. The zero-order valence-corrected chi connectivity index (χ0v) is 13.5. The molecule has 0 aliphatic carbocycles. The molecule has 0 radical (unpaired) electrons. The van der Waals surface area contributed by atoms with Gasteiger partial charge in [-0.25, -0.2) is 4.98 Å². The highest BCUT2D eigenvalue weighted by Crippen LogP contribution is 2.34. The van der Waals surface area contributed by atoms with Crippen molar-refractivity contribution in [2.24, 2.45) is 0 Å². The molecule has 1 N–H and O–H groups in total. The number of nitrogens with zero attached hydrogens (tertiary/aromatic N) is 1. The van der Waals surface area contributed by atoms with Gasteiger partial charge in [-0.05, 0) is 63.4 Å². The Morgan fingerprint density at radius 2 is 1.94 bits per heavy atom. The summed E-state index contributed by atoms with van der Waals surface area (Å²) in [6, 6.07) is 4.39. The number of hydrogen-bond acceptors (Lipinski definition) is 3. The van der Waals surface area contributed by atoms with Crippen molar-refractivity contribution in [2.45, 2.75) is 19.9 Å². The molecule has 2 nitrogen and oxygen atoms in total. The molecule has 1 aromatic heterocycles. The van der Waals surface area contributed by atoms with Crippen molar-refractivity contribution < 1.29 is 0 Å². The molecular formula is C12H12Br2N2S. The van der Waals surface area contributed by atoms with Crippen molar-refractivity contribution in [3.63, 3.8) is 0 Å². The minimum absolute atomic E-state index is 0.191. The van der Waals surface area contributed by atoms with Crippen LogP contribution < -0.4 is 5.32 Å². The first kappa shape index (κ1) is 13.1. The molecule has 0 fully saturated rings. The lowest BCUT2D eigenvalue weighted by Crippen LogP contribution is -2.08. The Morgan fingerprint density at radius 3 is 2.47 bits per heavy atom. The second kappa shape index (κ2) is 5.50. The van der Waals surface area contributed by atoms with Gasteiger partial charge in [0.1, 0.15) is 0 Å². The van der Waals surface area contributed by atoms with E-state index < -0.39 is 0 Å². The van der Waals surface area contributed by atoms with E-state index in [2.05, 4.69) is 73.5 Å². The first-order valence-corrected chi connectivity index (χ1v) is 7.71. The molecular weight excluding hydrogens is 364 g/mol. The molecule has 17 heavy (non-hydrogen) atoms. The summed E-state index contributed by atoms with van der Waals surface area (Å²) in [7, 11) is 0. The summed E-state index contributed by atoms with van der Waals surface area (Å²) in [4.78, 5) is 4.31. The van der Waals surface area contributed by atoms with Crippen molar-refractivity contribution >= 4 is 48.9 Å². The molecule has 0 spiro atoms. The van der Waals surface area contributed by atoms with Gasteiger partial charge >= 0.3 is 0 Å². The summed E-state index contributed by atoms with van der Waals surface area (Å²) in [6.45, 7) is 4.18. The smallest absolute Gasteiger partial charge is 0.0795 e. The molecule has 0 aliphatic rings. The maximum Gasteiger partial charge on any atom is 0.0795 e. The van der Waals surface area contributed by atoms with Gasteiger partial charge in [0.15, 0.2) is 0 Å². The number of benzene rings is 1. The lowest BCUT2D eigenvalue weighted by molar-refractivity contribution is 0.848. The van der Waals surface area contributed by atoms with Gasteiger partial charge in [0.2, 0.25) is 0 Å². The van der Waals surface area contributed by atoms with E-state index in [0.717, 1.165) is 20.3 Å². The van der Waals surface area contributed by atoms with Crippen LogP contribution in [-0.4, -0.2) is 4.98 Å². The topological polar surface area (TPSA) is 24.9 Å². The molecule has 0 saturated heterocycles. The third-order valence-corrected chi connectivity index (χ3v) is 4.30. The molecule has 1 heterocycles. The van der Waals surface area contributed by atoms with Gasteiger partial charge in [-0.15, -0.1) is 11.3 Å². The average molecular weight is 376 g/mol. The standard InChI is InChI=1S/C12H12Br2N2S/c1-7-3-9(13)12(10(14)4-7)16-8(2)11-5-17-6-15-11/h3-6,8,16H,1-2H3. The number of aryl methyl sites for hydroxylation is 1. The van der Waals surface area contributed by atoms with Crippen LogP contribution in [0.3, 0.4) is 0 Å². The van der Waals surface area contributed by atoms with Crippen molar-refractivity contribution in [1.82, 2.24) is 4.98 Å². The fourth-order valence-corrected chi connectivity index (χ4v) is 3.86. The third-order valence-electron chi connectivity index (χ3n) is 2.44. The highest BCUT2D eigenvalue weighted by molar-refractivity contribution is 9.11. The largest absolute Gasteiger partial charge is 0.375 e. The fraction of sp³-hybridized carbons (Fsp3) is 0.250. The summed E-state index contributed by atoms with van der Waals surface area (Å²) in [6.07, 6.45) is 0. The Hall–Kier alpha value is -0.390. The molecule has 1 atom stereocenters. The number of halogens is 2. The summed E-state index contributed by atoms with van der Waals surface area (Å²) in [5.41, 5.74) is 5.20. The monoisotopic (exact) mass is 374 g/mol. The molecule has 2 rings (SSSR count). The van der Waals surface area contributed by atoms with Gasteiger partial charge in [0, 0.05) is 14.3 Å². The second-order valence-electron chi connectivity index (χ2n) is 3.88. The van der Waals surface area contributed by atoms with E-state index in [9.17, 15) is 0 Å². The van der Waals surface area contributed by atoms with Gasteiger partial charge in [0.25, 0.3) is 0 Å². The van der Waals surface area contributed by atoms with Crippen LogP contribution in [0, 0.1) is 6.92 Å². The van der Waals surface area contributed by atoms with Crippen LogP contribution in [0.25, 0.3) is 0 Å². The van der Waals surface area contributed by atoms with E-state index in [0.29, 0.717) is 0 Å². The normalized spacial score (nSPS) is 12.5. The Balaban J connectivity index is 2.25. The minimum atomic E-state index is 0.191. The lowest BCUT2D eigenvalue weighted by Gasteiger charge is -2.16. The molecule has 90 valence electrons. The predicted molar refractivity (Wildman–Crippen MR) is 80.7 cm³/mol. The molecule has 2 aromatic rings. The van der Waals surface area contributed by atoms with Crippen LogP contribution in [0.1, 0.15) is 24.2 Å². The minimum Gasteiger partial charge on any atom is -0.375 e. The van der Waals surface area contributed by atoms with Gasteiger partial charge in [0.05, 0.1) is 22.9 Å². The molecule has 0 bridgehead atoms. The van der Waals surface area contributed by atoms with Crippen molar-refractivity contribution in [1.29, 1.82) is 0 Å². The molecule has 0 aliphatic heterocycles. The second-order valence-corrected chi connectivity index (χ2v) is 6.31. The maximum atomic E-state index is 4.31. The van der Waals surface area contributed by atoms with Crippen LogP contribution in [0.4, 0.5) is 5.69 Å². The van der Waals surface area contributed by atoms with Gasteiger partial charge in [-0.1, -0.05) is 0 Å². The Labute approximate surface area is 122 Å². The molecule has 1 aromatic carbocycles. The van der Waals surface area contributed by atoms with Crippen LogP contribution in [0.2, 0.25) is 0 Å². The zero-order chi connectivity index (χ0) is 12.4. The number of thiazole rings is 1. The maximum absolute atomic E-state index is 4.31. The van der Waals surface area contributed by atoms with Crippen LogP contribution >= 0.6 is 43.2 Å². The summed E-state index contributed by atoms with van der Waals surface area (Å²) in [5.74, 6) is 0. The zero-order valence-electron chi connectivity index (χ0n) is 9.50. The number of rotatable bonds is 3. The number of aromatic nitrogens is 1. The van der Waals surface area contributed by atoms with Gasteiger partial charge in [-0.3, -0.25) is 0 Å². The van der Waals surface area contributed by atoms with E-state index >= 15 is 0 Å². The summed E-state index contributed by atoms with van der Waals surface area (Å²) < 4.78 is 2.12. The van der Waals surface area contributed by atoms with Crippen LogP contribution in [0.15, 0.2) is 32.0 Å². The van der Waals surface area contributed by atoms with Gasteiger partial charge in [-0.2, -0.15) is 0 Å². The Morgan fingerprint density at radius 1 is 1.29 bits per heavy atom.